The second-order valence-electron chi connectivity index (χ2n) is 9.60. The van der Waals surface area contributed by atoms with Gasteiger partial charge in [-0.2, -0.15) is 0 Å². The first-order valence-corrected chi connectivity index (χ1v) is 12.9. The minimum atomic E-state index is -0.587. The van der Waals surface area contributed by atoms with E-state index in [1.807, 2.05) is 78.9 Å². The molecule has 190 valence electrons. The molecule has 0 aliphatic carbocycles. The van der Waals surface area contributed by atoms with E-state index in [-0.39, 0.29) is 12.5 Å². The summed E-state index contributed by atoms with van der Waals surface area (Å²) in [7, 11) is 0. The highest BCUT2D eigenvalue weighted by Crippen LogP contribution is 2.38. The minimum Gasteiger partial charge on any atom is -0.366 e. The highest BCUT2D eigenvalue weighted by atomic mass is 16.2. The van der Waals surface area contributed by atoms with Gasteiger partial charge in [-0.1, -0.05) is 78.9 Å². The van der Waals surface area contributed by atoms with E-state index in [0.717, 1.165) is 37.9 Å². The van der Waals surface area contributed by atoms with Crippen molar-refractivity contribution in [2.24, 2.45) is 5.73 Å². The van der Waals surface area contributed by atoms with Gasteiger partial charge in [0.1, 0.15) is 0 Å². The third-order valence-electron chi connectivity index (χ3n) is 7.01. The van der Waals surface area contributed by atoms with Gasteiger partial charge in [0.05, 0.1) is 17.8 Å². The molecule has 5 nitrogen and oxygen atoms in total. The number of nitrogens with one attached hydrogen (secondary N) is 1. The van der Waals surface area contributed by atoms with Crippen LogP contribution in [0.5, 0.6) is 0 Å². The molecule has 0 aliphatic rings. The standard InChI is InChI=1S/C34H27N3O2/c35-34(39)30-16-15-26-19-27-17-24-11-7-8-12-25(24)18-28(27)20-31(26)33(30)37(29-13-5-2-6-14-29)32(38)22-36-21-23-9-3-1-4-10-23/h1-20,36H,21-22H2,(H2,35,39). The summed E-state index contributed by atoms with van der Waals surface area (Å²) in [6.45, 7) is 0.627. The molecular formula is C34H27N3O2. The van der Waals surface area contributed by atoms with Crippen LogP contribution in [0, 0.1) is 0 Å². The predicted octanol–water partition coefficient (Wildman–Crippen LogP) is 6.70. The molecule has 0 unspecified atom stereocenters. The van der Waals surface area contributed by atoms with Crippen LogP contribution < -0.4 is 16.0 Å². The fraction of sp³-hybridized carbons (Fsp3) is 0.0588. The topological polar surface area (TPSA) is 75.4 Å². The van der Waals surface area contributed by atoms with E-state index in [1.54, 1.807) is 11.0 Å². The Morgan fingerprint density at radius 1 is 0.641 bits per heavy atom. The molecule has 0 fully saturated rings. The summed E-state index contributed by atoms with van der Waals surface area (Å²) in [6, 6.07) is 39.6. The molecule has 0 bridgehead atoms. The van der Waals surface area contributed by atoms with Crippen molar-refractivity contribution in [3.63, 3.8) is 0 Å². The third-order valence-corrected chi connectivity index (χ3v) is 7.01. The predicted molar refractivity (Wildman–Crippen MR) is 159 cm³/mol. The summed E-state index contributed by atoms with van der Waals surface area (Å²) < 4.78 is 0. The van der Waals surface area contributed by atoms with Gasteiger partial charge >= 0.3 is 0 Å². The summed E-state index contributed by atoms with van der Waals surface area (Å²) in [6.07, 6.45) is 0. The summed E-state index contributed by atoms with van der Waals surface area (Å²) >= 11 is 0. The lowest BCUT2D eigenvalue weighted by atomic mass is 9.96. The maximum atomic E-state index is 13.9. The molecule has 0 atom stereocenters. The number of hydrogen-bond donors (Lipinski definition) is 2. The maximum Gasteiger partial charge on any atom is 0.250 e. The van der Waals surface area contributed by atoms with E-state index < -0.39 is 5.91 Å². The van der Waals surface area contributed by atoms with Crippen LogP contribution in [-0.4, -0.2) is 18.4 Å². The monoisotopic (exact) mass is 509 g/mol. The molecule has 6 rings (SSSR count). The molecule has 0 saturated heterocycles. The van der Waals surface area contributed by atoms with Gasteiger partial charge in [0, 0.05) is 17.6 Å². The van der Waals surface area contributed by atoms with Crippen LogP contribution in [0.25, 0.3) is 32.3 Å². The van der Waals surface area contributed by atoms with Gasteiger partial charge in [-0.05, 0) is 75.0 Å². The van der Waals surface area contributed by atoms with E-state index in [0.29, 0.717) is 23.5 Å². The molecule has 0 aromatic heterocycles. The van der Waals surface area contributed by atoms with Gasteiger partial charge in [-0.3, -0.25) is 14.5 Å². The summed E-state index contributed by atoms with van der Waals surface area (Å²) in [5.74, 6) is -0.776. The fourth-order valence-corrected chi connectivity index (χ4v) is 5.15. The van der Waals surface area contributed by atoms with Gasteiger partial charge in [0.2, 0.25) is 5.91 Å². The summed E-state index contributed by atoms with van der Waals surface area (Å²) in [4.78, 5) is 28.3. The quantitative estimate of drug-likeness (QED) is 0.235. The second-order valence-corrected chi connectivity index (χ2v) is 9.60. The number of anilines is 2. The fourth-order valence-electron chi connectivity index (χ4n) is 5.15. The molecule has 39 heavy (non-hydrogen) atoms. The van der Waals surface area contributed by atoms with Crippen LogP contribution in [0.4, 0.5) is 11.4 Å². The number of nitrogens with two attached hydrogens (primary N) is 1. The van der Waals surface area contributed by atoms with Gasteiger partial charge in [-0.15, -0.1) is 0 Å². The summed E-state index contributed by atoms with van der Waals surface area (Å²) in [5, 5.41) is 9.35. The van der Waals surface area contributed by atoms with Gasteiger partial charge in [-0.25, -0.2) is 0 Å². The van der Waals surface area contributed by atoms with Crippen molar-refractivity contribution in [1.82, 2.24) is 5.32 Å². The first kappa shape index (κ1) is 24.3. The highest BCUT2D eigenvalue weighted by Gasteiger charge is 2.25. The smallest absolute Gasteiger partial charge is 0.250 e. The normalized spacial score (nSPS) is 11.2. The maximum absolute atomic E-state index is 13.9. The van der Waals surface area contributed by atoms with Crippen molar-refractivity contribution >= 4 is 55.5 Å². The van der Waals surface area contributed by atoms with Gasteiger partial charge in [0.15, 0.2) is 0 Å². The largest absolute Gasteiger partial charge is 0.366 e. The Labute approximate surface area is 226 Å². The Hall–Kier alpha value is -5.00. The molecule has 3 N–H and O–H groups in total. The zero-order chi connectivity index (χ0) is 26.8. The average molecular weight is 510 g/mol. The number of para-hydroxylation sites is 1. The second kappa shape index (κ2) is 10.4. The van der Waals surface area contributed by atoms with Crippen molar-refractivity contribution < 1.29 is 9.59 Å². The molecule has 0 radical (unpaired) electrons. The van der Waals surface area contributed by atoms with Crippen LogP contribution >= 0.6 is 0 Å². The molecule has 0 saturated carbocycles. The van der Waals surface area contributed by atoms with Crippen LogP contribution in [0.1, 0.15) is 15.9 Å². The average Bonchev–Trinajstić information content (AvgIpc) is 2.96. The van der Waals surface area contributed by atoms with Crippen molar-refractivity contribution in [2.45, 2.75) is 6.54 Å². The van der Waals surface area contributed by atoms with E-state index >= 15 is 0 Å². The van der Waals surface area contributed by atoms with Crippen molar-refractivity contribution in [3.05, 3.63) is 132 Å². The van der Waals surface area contributed by atoms with Gasteiger partial charge < -0.3 is 11.1 Å². The molecule has 5 heteroatoms. The Bertz CT molecular complexity index is 1830. The van der Waals surface area contributed by atoms with Crippen LogP contribution in [0.2, 0.25) is 0 Å². The number of rotatable bonds is 7. The third kappa shape index (κ3) is 4.83. The zero-order valence-electron chi connectivity index (χ0n) is 21.3. The Balaban J connectivity index is 1.51. The van der Waals surface area contributed by atoms with Crippen LogP contribution in [0.3, 0.4) is 0 Å². The lowest BCUT2D eigenvalue weighted by Crippen LogP contribution is -2.36. The van der Waals surface area contributed by atoms with E-state index in [2.05, 4.69) is 41.7 Å². The Kier molecular flexibility index (Phi) is 6.49. The van der Waals surface area contributed by atoms with E-state index in [9.17, 15) is 9.59 Å². The number of amides is 2. The first-order chi connectivity index (χ1) is 19.1. The Morgan fingerprint density at radius 2 is 1.23 bits per heavy atom. The number of benzene rings is 6. The van der Waals surface area contributed by atoms with Crippen LogP contribution in [-0.2, 0) is 11.3 Å². The summed E-state index contributed by atoms with van der Waals surface area (Å²) in [5.41, 5.74) is 8.43. The lowest BCUT2D eigenvalue weighted by molar-refractivity contribution is -0.117. The van der Waals surface area contributed by atoms with E-state index in [4.69, 9.17) is 5.73 Å². The van der Waals surface area contributed by atoms with Crippen molar-refractivity contribution in [1.29, 1.82) is 0 Å². The van der Waals surface area contributed by atoms with Crippen LogP contribution in [0.15, 0.2) is 121 Å². The molecule has 6 aromatic rings. The molecule has 2 amide bonds. The molecule has 0 heterocycles. The SMILES string of the molecule is NC(=O)c1ccc2cc3cc4ccccc4cc3cc2c1N(C(=O)CNCc1ccccc1)c1ccccc1. The molecule has 0 aliphatic heterocycles. The minimum absolute atomic E-state index is 0.0800. The van der Waals surface area contributed by atoms with Crippen molar-refractivity contribution in [3.8, 4) is 0 Å². The molecule has 6 aromatic carbocycles. The van der Waals surface area contributed by atoms with E-state index in [1.165, 1.54) is 0 Å². The highest BCUT2D eigenvalue weighted by molar-refractivity contribution is 6.18. The number of fused-ring (bicyclic) bond motifs is 3. The lowest BCUT2D eigenvalue weighted by Gasteiger charge is -2.27. The zero-order valence-corrected chi connectivity index (χ0v) is 21.3. The molecule has 0 spiro atoms. The first-order valence-electron chi connectivity index (χ1n) is 12.9. The number of hydrogen-bond acceptors (Lipinski definition) is 3. The number of carbonyl (C=O) groups excluding carboxylic acids is 2. The number of nitrogens with zero attached hydrogens (tertiary/aromatic N) is 1. The number of carbonyl (C=O) groups is 2. The van der Waals surface area contributed by atoms with Gasteiger partial charge in [0.25, 0.3) is 5.91 Å². The Morgan fingerprint density at radius 3 is 1.90 bits per heavy atom. The number of primary amides is 1. The molecular weight excluding hydrogens is 482 g/mol. The van der Waals surface area contributed by atoms with Crippen molar-refractivity contribution in [2.75, 3.05) is 11.4 Å².